The molecule has 1 N–H and O–H groups in total. The number of para-hydroxylation sites is 1. The smallest absolute Gasteiger partial charge is 0.258 e. The molecule has 2 aromatic rings. The van der Waals surface area contributed by atoms with Gasteiger partial charge in [-0.3, -0.25) is 4.79 Å². The summed E-state index contributed by atoms with van der Waals surface area (Å²) in [6, 6.07) is 14.4. The van der Waals surface area contributed by atoms with Crippen molar-refractivity contribution in [1.82, 2.24) is 0 Å². The maximum absolute atomic E-state index is 13.0. The van der Waals surface area contributed by atoms with Gasteiger partial charge in [0.2, 0.25) is 0 Å². The molecule has 2 aliphatic rings. The fourth-order valence-corrected chi connectivity index (χ4v) is 3.50. The zero-order chi connectivity index (χ0) is 14.9. The number of benzene rings is 2. The van der Waals surface area contributed by atoms with Crippen molar-refractivity contribution in [2.75, 3.05) is 23.3 Å². The number of hydrogen-bond acceptors (Lipinski definition) is 2. The minimum Gasteiger partial charge on any atom is -0.384 e. The number of hydrogen-bond donors (Lipinski definition) is 1. The molecular weight excluding hydrogens is 308 g/mol. The van der Waals surface area contributed by atoms with Crippen LogP contribution in [0.2, 0.25) is 0 Å². The van der Waals surface area contributed by atoms with E-state index in [1.807, 2.05) is 23.1 Å². The minimum atomic E-state index is 0. The fraction of sp³-hybridized carbons (Fsp3) is 0.316. The average Bonchev–Trinajstić information content (AvgIpc) is 2.92. The molecule has 0 unspecified atom stereocenters. The molecule has 0 saturated carbocycles. The molecule has 2 aliphatic heterocycles. The van der Waals surface area contributed by atoms with Gasteiger partial charge in [0.1, 0.15) is 0 Å². The lowest BCUT2D eigenvalue weighted by Crippen LogP contribution is -2.31. The van der Waals surface area contributed by atoms with E-state index in [0.29, 0.717) is 0 Å². The standard InChI is InChI=1S/C19H20N2O.ClH/c22-19(16-8-9-17-15(13-16)10-11-20-17)21-12-4-3-6-14-5-1-2-7-18(14)21;/h1-2,5,7-9,13,20H,3-4,6,10-12H2;1H. The van der Waals surface area contributed by atoms with E-state index in [1.165, 1.54) is 16.8 Å². The third-order valence-electron chi connectivity index (χ3n) is 4.67. The van der Waals surface area contributed by atoms with Gasteiger partial charge >= 0.3 is 0 Å². The van der Waals surface area contributed by atoms with Gasteiger partial charge in [-0.1, -0.05) is 18.2 Å². The molecule has 4 rings (SSSR count). The van der Waals surface area contributed by atoms with E-state index in [9.17, 15) is 4.79 Å². The third kappa shape index (κ3) is 2.93. The van der Waals surface area contributed by atoms with E-state index in [-0.39, 0.29) is 18.3 Å². The van der Waals surface area contributed by atoms with Crippen LogP contribution in [0.1, 0.15) is 34.3 Å². The molecule has 2 aromatic carbocycles. The second-order valence-corrected chi connectivity index (χ2v) is 6.09. The number of nitrogens with zero attached hydrogens (tertiary/aromatic N) is 1. The molecule has 0 spiro atoms. The molecule has 0 atom stereocenters. The Morgan fingerprint density at radius 3 is 2.78 bits per heavy atom. The van der Waals surface area contributed by atoms with Crippen molar-refractivity contribution in [3.63, 3.8) is 0 Å². The van der Waals surface area contributed by atoms with Gasteiger partial charge in [-0.15, -0.1) is 12.4 Å². The zero-order valence-electron chi connectivity index (χ0n) is 13.0. The summed E-state index contributed by atoms with van der Waals surface area (Å²) < 4.78 is 0. The van der Waals surface area contributed by atoms with Crippen LogP contribution in [0.4, 0.5) is 11.4 Å². The number of fused-ring (bicyclic) bond motifs is 2. The van der Waals surface area contributed by atoms with Gasteiger partial charge in [0.15, 0.2) is 0 Å². The maximum atomic E-state index is 13.0. The van der Waals surface area contributed by atoms with Crippen LogP contribution in [0, 0.1) is 0 Å². The minimum absolute atomic E-state index is 0. The Bertz CT molecular complexity index is 729. The number of amides is 1. The Hall–Kier alpha value is -2.00. The normalized spacial score (nSPS) is 15.7. The van der Waals surface area contributed by atoms with E-state index in [4.69, 9.17) is 0 Å². The van der Waals surface area contributed by atoms with Crippen LogP contribution in [0.15, 0.2) is 42.5 Å². The lowest BCUT2D eigenvalue weighted by Gasteiger charge is -2.23. The van der Waals surface area contributed by atoms with Crippen molar-refractivity contribution in [3.8, 4) is 0 Å². The van der Waals surface area contributed by atoms with Gasteiger partial charge in [-0.05, 0) is 61.1 Å². The highest BCUT2D eigenvalue weighted by atomic mass is 35.5. The molecule has 0 aliphatic carbocycles. The number of carbonyl (C=O) groups excluding carboxylic acids is 1. The molecule has 4 heteroatoms. The number of rotatable bonds is 1. The summed E-state index contributed by atoms with van der Waals surface area (Å²) in [6.45, 7) is 1.78. The second-order valence-electron chi connectivity index (χ2n) is 6.09. The molecule has 1 amide bonds. The largest absolute Gasteiger partial charge is 0.384 e. The Kier molecular flexibility index (Phi) is 4.58. The van der Waals surface area contributed by atoms with E-state index in [2.05, 4.69) is 29.6 Å². The van der Waals surface area contributed by atoms with Crippen molar-refractivity contribution in [3.05, 3.63) is 59.2 Å². The van der Waals surface area contributed by atoms with Crippen LogP contribution in [0.3, 0.4) is 0 Å². The van der Waals surface area contributed by atoms with E-state index >= 15 is 0 Å². The topological polar surface area (TPSA) is 32.3 Å². The quantitative estimate of drug-likeness (QED) is 0.856. The third-order valence-corrected chi connectivity index (χ3v) is 4.67. The summed E-state index contributed by atoms with van der Waals surface area (Å²) in [5.41, 5.74) is 5.61. The van der Waals surface area contributed by atoms with Crippen LogP contribution < -0.4 is 10.2 Å². The molecule has 0 fully saturated rings. The van der Waals surface area contributed by atoms with Crippen LogP contribution >= 0.6 is 12.4 Å². The highest BCUT2D eigenvalue weighted by molar-refractivity contribution is 6.07. The van der Waals surface area contributed by atoms with Gasteiger partial charge in [0, 0.05) is 30.0 Å². The van der Waals surface area contributed by atoms with Crippen LogP contribution in [0.25, 0.3) is 0 Å². The van der Waals surface area contributed by atoms with Crippen LogP contribution in [-0.2, 0) is 12.8 Å². The first kappa shape index (κ1) is 15.9. The first-order valence-corrected chi connectivity index (χ1v) is 8.09. The Balaban J connectivity index is 0.00000156. The Labute approximate surface area is 143 Å². The van der Waals surface area contributed by atoms with Crippen molar-refractivity contribution >= 4 is 29.7 Å². The van der Waals surface area contributed by atoms with Gasteiger partial charge < -0.3 is 10.2 Å². The molecule has 2 heterocycles. The molecule has 0 saturated heterocycles. The predicted molar refractivity (Wildman–Crippen MR) is 96.9 cm³/mol. The average molecular weight is 329 g/mol. The highest BCUT2D eigenvalue weighted by Crippen LogP contribution is 2.29. The summed E-state index contributed by atoms with van der Waals surface area (Å²) in [5.74, 6) is 0.129. The first-order chi connectivity index (χ1) is 10.8. The Morgan fingerprint density at radius 1 is 1.00 bits per heavy atom. The molecule has 0 bridgehead atoms. The van der Waals surface area contributed by atoms with Crippen LogP contribution in [-0.4, -0.2) is 19.0 Å². The highest BCUT2D eigenvalue weighted by Gasteiger charge is 2.23. The summed E-state index contributed by atoms with van der Waals surface area (Å²) in [6.07, 6.45) is 4.28. The lowest BCUT2D eigenvalue weighted by atomic mass is 10.1. The molecular formula is C19H21ClN2O. The molecule has 23 heavy (non-hydrogen) atoms. The second kappa shape index (κ2) is 6.63. The number of anilines is 2. The SMILES string of the molecule is Cl.O=C(c1ccc2c(c1)CCN2)N1CCCCc2ccccc21. The van der Waals surface area contributed by atoms with Crippen molar-refractivity contribution in [1.29, 1.82) is 0 Å². The van der Waals surface area contributed by atoms with E-state index < -0.39 is 0 Å². The monoisotopic (exact) mass is 328 g/mol. The molecule has 3 nitrogen and oxygen atoms in total. The number of halogens is 1. The maximum Gasteiger partial charge on any atom is 0.258 e. The molecule has 0 aromatic heterocycles. The number of nitrogens with one attached hydrogen (secondary N) is 1. The molecule has 120 valence electrons. The first-order valence-electron chi connectivity index (χ1n) is 8.09. The summed E-state index contributed by atoms with van der Waals surface area (Å²) >= 11 is 0. The van der Waals surface area contributed by atoms with Crippen LogP contribution in [0.5, 0.6) is 0 Å². The van der Waals surface area contributed by atoms with Crippen molar-refractivity contribution < 1.29 is 4.79 Å². The van der Waals surface area contributed by atoms with Gasteiger partial charge in [-0.25, -0.2) is 0 Å². The van der Waals surface area contributed by atoms with Crippen molar-refractivity contribution in [2.45, 2.75) is 25.7 Å². The van der Waals surface area contributed by atoms with Gasteiger partial charge in [-0.2, -0.15) is 0 Å². The summed E-state index contributed by atoms with van der Waals surface area (Å²) in [5, 5.41) is 3.35. The number of carbonyl (C=O) groups is 1. The zero-order valence-corrected chi connectivity index (χ0v) is 13.9. The summed E-state index contributed by atoms with van der Waals surface area (Å²) in [7, 11) is 0. The van der Waals surface area contributed by atoms with Gasteiger partial charge in [0.25, 0.3) is 5.91 Å². The lowest BCUT2D eigenvalue weighted by molar-refractivity contribution is 0.0987. The Morgan fingerprint density at radius 2 is 1.87 bits per heavy atom. The summed E-state index contributed by atoms with van der Waals surface area (Å²) in [4.78, 5) is 15.0. The fourth-order valence-electron chi connectivity index (χ4n) is 3.50. The van der Waals surface area contributed by atoms with Gasteiger partial charge in [0.05, 0.1) is 0 Å². The molecule has 0 radical (unpaired) electrons. The van der Waals surface area contributed by atoms with Crippen molar-refractivity contribution in [2.24, 2.45) is 0 Å². The van der Waals surface area contributed by atoms with E-state index in [0.717, 1.165) is 50.0 Å². The predicted octanol–water partition coefficient (Wildman–Crippen LogP) is 4.06. The van der Waals surface area contributed by atoms with E-state index in [1.54, 1.807) is 0 Å². The number of aryl methyl sites for hydroxylation is 1.